The first kappa shape index (κ1) is 13.9. The third kappa shape index (κ3) is 2.89. The van der Waals surface area contributed by atoms with Gasteiger partial charge in [0.15, 0.2) is 0 Å². The molecule has 3 nitrogen and oxygen atoms in total. The second kappa shape index (κ2) is 4.52. The Kier molecular flexibility index (Phi) is 3.29. The molecule has 1 aliphatic rings. The molecule has 2 N–H and O–H groups in total. The highest BCUT2D eigenvalue weighted by Gasteiger charge is 2.60. The number of epoxide rings is 1. The summed E-state index contributed by atoms with van der Waals surface area (Å²) >= 11 is 0. The molecule has 106 valence electrons. The second-order valence-electron chi connectivity index (χ2n) is 4.09. The fourth-order valence-corrected chi connectivity index (χ4v) is 1.42. The number of halogens is 5. The molecular formula is C11H10F5NO2. The van der Waals surface area contributed by atoms with E-state index in [0.717, 1.165) is 12.1 Å². The van der Waals surface area contributed by atoms with E-state index in [-0.39, 0.29) is 18.4 Å². The van der Waals surface area contributed by atoms with Crippen LogP contribution in [0.2, 0.25) is 0 Å². The van der Waals surface area contributed by atoms with Crippen LogP contribution in [0.1, 0.15) is 5.56 Å². The van der Waals surface area contributed by atoms with Gasteiger partial charge in [-0.15, -0.1) is 0 Å². The Balaban J connectivity index is 2.32. The van der Waals surface area contributed by atoms with Crippen molar-refractivity contribution in [2.45, 2.75) is 18.2 Å². The van der Waals surface area contributed by atoms with Gasteiger partial charge >= 0.3 is 12.1 Å². The highest BCUT2D eigenvalue weighted by atomic mass is 19.4. The first-order valence-electron chi connectivity index (χ1n) is 5.31. The molecule has 1 aromatic carbocycles. The summed E-state index contributed by atoms with van der Waals surface area (Å²) in [4.78, 5) is 0. The summed E-state index contributed by atoms with van der Waals surface area (Å²) < 4.78 is 73.4. The fourth-order valence-electron chi connectivity index (χ4n) is 1.42. The van der Waals surface area contributed by atoms with E-state index in [1.54, 1.807) is 0 Å². The molecule has 8 heteroatoms. The van der Waals surface area contributed by atoms with E-state index < -0.39 is 23.4 Å². The maximum Gasteiger partial charge on any atom is 0.458 e. The van der Waals surface area contributed by atoms with Gasteiger partial charge in [0, 0.05) is 11.8 Å². The van der Waals surface area contributed by atoms with Crippen LogP contribution in [0.4, 0.5) is 27.6 Å². The van der Waals surface area contributed by atoms with Crippen LogP contribution in [0.3, 0.4) is 0 Å². The molecule has 0 unspecified atom stereocenters. The van der Waals surface area contributed by atoms with Crippen molar-refractivity contribution in [3.05, 3.63) is 23.8 Å². The Morgan fingerprint density at radius 1 is 1.26 bits per heavy atom. The molecule has 1 saturated heterocycles. The average molecular weight is 283 g/mol. The summed E-state index contributed by atoms with van der Waals surface area (Å²) in [6.07, 6.45) is -5.97. The predicted octanol–water partition coefficient (Wildman–Crippen LogP) is 2.70. The van der Waals surface area contributed by atoms with E-state index >= 15 is 0 Å². The van der Waals surface area contributed by atoms with Crippen LogP contribution in [0.5, 0.6) is 5.75 Å². The summed E-state index contributed by atoms with van der Waals surface area (Å²) in [7, 11) is 0. The van der Waals surface area contributed by atoms with Gasteiger partial charge in [-0.2, -0.15) is 22.0 Å². The number of hydrogen-bond donors (Lipinski definition) is 1. The molecule has 1 heterocycles. The van der Waals surface area contributed by atoms with Gasteiger partial charge in [0.2, 0.25) is 0 Å². The van der Waals surface area contributed by atoms with Crippen molar-refractivity contribution in [2.75, 3.05) is 18.9 Å². The second-order valence-corrected chi connectivity index (χ2v) is 4.09. The molecule has 0 aromatic heterocycles. The minimum atomic E-state index is -5.70. The van der Waals surface area contributed by atoms with Gasteiger partial charge in [0.25, 0.3) is 0 Å². The molecule has 1 aromatic rings. The lowest BCUT2D eigenvalue weighted by molar-refractivity contribution is -0.289. The minimum absolute atomic E-state index is 0.0356. The number of anilines is 1. The highest BCUT2D eigenvalue weighted by molar-refractivity contribution is 5.50. The first-order chi connectivity index (χ1) is 8.72. The zero-order chi connectivity index (χ0) is 14.3. The SMILES string of the molecule is Nc1ccc(C(F)(F)C(F)(F)F)c(OC[C@H]2CO2)c1. The standard InChI is InChI=1S/C11H10F5NO2/c12-10(13,11(14,15)16)8-2-1-6(17)3-9(8)19-5-7-4-18-7/h1-3,7H,4-5,17H2/t7-/m1/s1. The molecule has 0 spiro atoms. The van der Waals surface area contributed by atoms with Gasteiger partial charge in [0.1, 0.15) is 18.5 Å². The Labute approximate surface area is 105 Å². The van der Waals surface area contributed by atoms with Crippen LogP contribution < -0.4 is 10.5 Å². The fraction of sp³-hybridized carbons (Fsp3) is 0.455. The molecule has 2 rings (SSSR count). The number of hydrogen-bond acceptors (Lipinski definition) is 3. The van der Waals surface area contributed by atoms with Gasteiger partial charge < -0.3 is 15.2 Å². The van der Waals surface area contributed by atoms with Crippen LogP contribution in [0.15, 0.2) is 18.2 Å². The lowest BCUT2D eigenvalue weighted by Crippen LogP contribution is -2.34. The maximum absolute atomic E-state index is 13.3. The topological polar surface area (TPSA) is 47.8 Å². The molecule has 0 aliphatic carbocycles. The van der Waals surface area contributed by atoms with Crippen molar-refractivity contribution in [3.8, 4) is 5.75 Å². The normalized spacial score (nSPS) is 19.3. The molecule has 19 heavy (non-hydrogen) atoms. The molecule has 1 fully saturated rings. The van der Waals surface area contributed by atoms with E-state index in [0.29, 0.717) is 12.7 Å². The predicted molar refractivity (Wildman–Crippen MR) is 56.0 cm³/mol. The van der Waals surface area contributed by atoms with Gasteiger partial charge in [-0.25, -0.2) is 0 Å². The summed E-state index contributed by atoms with van der Waals surface area (Å²) in [5, 5.41) is 0. The van der Waals surface area contributed by atoms with Crippen LogP contribution in [-0.4, -0.2) is 25.5 Å². The van der Waals surface area contributed by atoms with E-state index in [1.165, 1.54) is 0 Å². The van der Waals surface area contributed by atoms with Crippen molar-refractivity contribution in [1.29, 1.82) is 0 Å². The van der Waals surface area contributed by atoms with E-state index in [2.05, 4.69) is 0 Å². The summed E-state index contributed by atoms with van der Waals surface area (Å²) in [5.41, 5.74) is 4.15. The molecule has 0 amide bonds. The van der Waals surface area contributed by atoms with Gasteiger partial charge in [-0.3, -0.25) is 0 Å². The summed E-state index contributed by atoms with van der Waals surface area (Å²) in [6, 6.07) is 2.53. The lowest BCUT2D eigenvalue weighted by Gasteiger charge is -2.22. The summed E-state index contributed by atoms with van der Waals surface area (Å²) in [5.74, 6) is -5.58. The highest BCUT2D eigenvalue weighted by Crippen LogP contribution is 2.47. The minimum Gasteiger partial charge on any atom is -0.490 e. The number of rotatable bonds is 4. The molecular weight excluding hydrogens is 273 g/mol. The Morgan fingerprint density at radius 2 is 1.89 bits per heavy atom. The first-order valence-corrected chi connectivity index (χ1v) is 5.31. The largest absolute Gasteiger partial charge is 0.490 e. The van der Waals surface area contributed by atoms with Crippen molar-refractivity contribution >= 4 is 5.69 Å². The zero-order valence-corrected chi connectivity index (χ0v) is 9.51. The van der Waals surface area contributed by atoms with Gasteiger partial charge in [-0.1, -0.05) is 0 Å². The average Bonchev–Trinajstić information content (AvgIpc) is 3.08. The number of nitrogen functional groups attached to an aromatic ring is 1. The maximum atomic E-state index is 13.3. The third-order valence-electron chi connectivity index (χ3n) is 2.53. The summed E-state index contributed by atoms with van der Waals surface area (Å²) in [6.45, 7) is 0.303. The molecule has 0 radical (unpaired) electrons. The number of benzene rings is 1. The zero-order valence-electron chi connectivity index (χ0n) is 9.51. The molecule has 0 bridgehead atoms. The number of nitrogens with two attached hydrogens (primary N) is 1. The van der Waals surface area contributed by atoms with E-state index in [1.807, 2.05) is 0 Å². The number of alkyl halides is 5. The smallest absolute Gasteiger partial charge is 0.458 e. The van der Waals surface area contributed by atoms with Crippen LogP contribution in [-0.2, 0) is 10.7 Å². The van der Waals surface area contributed by atoms with Crippen molar-refractivity contribution in [1.82, 2.24) is 0 Å². The number of ether oxygens (including phenoxy) is 2. The van der Waals surface area contributed by atoms with Crippen LogP contribution >= 0.6 is 0 Å². The lowest BCUT2D eigenvalue weighted by atomic mass is 10.1. The quantitative estimate of drug-likeness (QED) is 0.525. The van der Waals surface area contributed by atoms with Gasteiger partial charge in [-0.05, 0) is 12.1 Å². The molecule has 1 atom stereocenters. The third-order valence-corrected chi connectivity index (χ3v) is 2.53. The Morgan fingerprint density at radius 3 is 2.42 bits per heavy atom. The Hall–Kier alpha value is -1.57. The van der Waals surface area contributed by atoms with Gasteiger partial charge in [0.05, 0.1) is 12.2 Å². The van der Waals surface area contributed by atoms with E-state index in [9.17, 15) is 22.0 Å². The van der Waals surface area contributed by atoms with Crippen molar-refractivity contribution in [2.24, 2.45) is 0 Å². The molecule has 1 aliphatic heterocycles. The van der Waals surface area contributed by atoms with Crippen LogP contribution in [0.25, 0.3) is 0 Å². The van der Waals surface area contributed by atoms with Crippen LogP contribution in [0, 0.1) is 0 Å². The van der Waals surface area contributed by atoms with Crippen molar-refractivity contribution in [3.63, 3.8) is 0 Å². The Bertz CT molecular complexity index is 471. The molecule has 0 saturated carbocycles. The monoisotopic (exact) mass is 283 g/mol. The van der Waals surface area contributed by atoms with E-state index in [4.69, 9.17) is 15.2 Å². The van der Waals surface area contributed by atoms with Crippen molar-refractivity contribution < 1.29 is 31.4 Å².